The summed E-state index contributed by atoms with van der Waals surface area (Å²) in [5.74, 6) is 1.60. The van der Waals surface area contributed by atoms with Gasteiger partial charge in [-0.2, -0.15) is 0 Å². The van der Waals surface area contributed by atoms with Gasteiger partial charge in [-0.1, -0.05) is 25.1 Å². The van der Waals surface area contributed by atoms with Crippen LogP contribution in [0.2, 0.25) is 0 Å². The third-order valence-corrected chi connectivity index (χ3v) is 2.94. The van der Waals surface area contributed by atoms with E-state index in [-0.39, 0.29) is 6.79 Å². The van der Waals surface area contributed by atoms with Gasteiger partial charge in [0.25, 0.3) is 0 Å². The number of fused-ring (bicyclic) bond motifs is 1. The third kappa shape index (κ3) is 2.41. The molecule has 0 aliphatic carbocycles. The van der Waals surface area contributed by atoms with E-state index in [9.17, 15) is 0 Å². The van der Waals surface area contributed by atoms with Crippen molar-refractivity contribution in [2.45, 2.75) is 13.3 Å². The van der Waals surface area contributed by atoms with Gasteiger partial charge in [0.2, 0.25) is 0 Å². The van der Waals surface area contributed by atoms with Gasteiger partial charge in [0.15, 0.2) is 6.79 Å². The van der Waals surface area contributed by atoms with Crippen LogP contribution < -0.4 is 9.47 Å². The molecule has 3 nitrogen and oxygen atoms in total. The van der Waals surface area contributed by atoms with Crippen molar-refractivity contribution in [3.05, 3.63) is 35.9 Å². The predicted octanol–water partition coefficient (Wildman–Crippen LogP) is 3.39. The minimum atomic E-state index is 0.238. The molecule has 0 saturated heterocycles. The van der Waals surface area contributed by atoms with Crippen LogP contribution in [0.5, 0.6) is 11.5 Å². The number of ether oxygens (including phenoxy) is 3. The van der Waals surface area contributed by atoms with Gasteiger partial charge >= 0.3 is 0 Å². The van der Waals surface area contributed by atoms with Crippen LogP contribution in [0.1, 0.15) is 12.5 Å². The van der Waals surface area contributed by atoms with Crippen LogP contribution in [0, 0.1) is 0 Å². The average Bonchev–Trinajstić information content (AvgIpc) is 2.43. The Kier molecular flexibility index (Phi) is 4.05. The second kappa shape index (κ2) is 5.74. The molecule has 0 amide bonds. The lowest BCUT2D eigenvalue weighted by molar-refractivity contribution is 0.0511. The van der Waals surface area contributed by atoms with Crippen LogP contribution in [0.4, 0.5) is 0 Å². The SMILES string of the molecule is CCc1cccc2cc(OCOC)cc(OC)c12. The van der Waals surface area contributed by atoms with E-state index in [1.165, 1.54) is 5.56 Å². The zero-order chi connectivity index (χ0) is 13.0. The molecule has 0 fully saturated rings. The van der Waals surface area contributed by atoms with E-state index in [0.717, 1.165) is 28.7 Å². The first-order chi connectivity index (χ1) is 8.80. The smallest absolute Gasteiger partial charge is 0.188 e. The zero-order valence-electron chi connectivity index (χ0n) is 11.0. The number of hydrogen-bond acceptors (Lipinski definition) is 3. The molecule has 0 unspecified atom stereocenters. The van der Waals surface area contributed by atoms with Crippen LogP contribution in [0.15, 0.2) is 30.3 Å². The maximum absolute atomic E-state index is 5.48. The molecule has 0 aromatic heterocycles. The first-order valence-corrected chi connectivity index (χ1v) is 6.01. The van der Waals surface area contributed by atoms with Gasteiger partial charge in [-0.05, 0) is 23.4 Å². The van der Waals surface area contributed by atoms with E-state index in [0.29, 0.717) is 0 Å². The third-order valence-electron chi connectivity index (χ3n) is 2.94. The minimum Gasteiger partial charge on any atom is -0.496 e. The van der Waals surface area contributed by atoms with Gasteiger partial charge in [-0.3, -0.25) is 0 Å². The Bertz CT molecular complexity index is 534. The molecule has 0 bridgehead atoms. The summed E-state index contributed by atoms with van der Waals surface area (Å²) in [7, 11) is 3.29. The van der Waals surface area contributed by atoms with Crippen molar-refractivity contribution in [1.82, 2.24) is 0 Å². The average molecular weight is 246 g/mol. The molecule has 0 aliphatic rings. The summed E-state index contributed by atoms with van der Waals surface area (Å²) in [5, 5.41) is 2.28. The summed E-state index contributed by atoms with van der Waals surface area (Å²) in [4.78, 5) is 0. The molecule has 18 heavy (non-hydrogen) atoms. The number of rotatable bonds is 5. The lowest BCUT2D eigenvalue weighted by Gasteiger charge is -2.12. The van der Waals surface area contributed by atoms with Crippen LogP contribution in [0.3, 0.4) is 0 Å². The minimum absolute atomic E-state index is 0.238. The monoisotopic (exact) mass is 246 g/mol. The molecule has 0 spiro atoms. The Hall–Kier alpha value is -1.74. The molecule has 2 aromatic rings. The number of methoxy groups -OCH3 is 2. The Morgan fingerprint density at radius 1 is 1.11 bits per heavy atom. The van der Waals surface area contributed by atoms with Crippen LogP contribution in [0.25, 0.3) is 10.8 Å². The van der Waals surface area contributed by atoms with Gasteiger partial charge in [-0.15, -0.1) is 0 Å². The largest absolute Gasteiger partial charge is 0.496 e. The van der Waals surface area contributed by atoms with Crippen molar-refractivity contribution in [2.24, 2.45) is 0 Å². The standard InChI is InChI=1S/C15H18O3/c1-4-11-6-5-7-12-8-13(18-10-16-2)9-14(17-3)15(11)12/h5-9H,4,10H2,1-3H3. The molecule has 2 aromatic carbocycles. The van der Waals surface area contributed by atoms with Crippen molar-refractivity contribution < 1.29 is 14.2 Å². The summed E-state index contributed by atoms with van der Waals surface area (Å²) >= 11 is 0. The Labute approximate surface area is 107 Å². The highest BCUT2D eigenvalue weighted by molar-refractivity contribution is 5.92. The highest BCUT2D eigenvalue weighted by Crippen LogP contribution is 2.33. The summed E-state index contributed by atoms with van der Waals surface area (Å²) in [6.07, 6.45) is 0.978. The second-order valence-electron chi connectivity index (χ2n) is 4.05. The lowest BCUT2D eigenvalue weighted by atomic mass is 10.0. The molecule has 0 saturated carbocycles. The topological polar surface area (TPSA) is 27.7 Å². The predicted molar refractivity (Wildman–Crippen MR) is 72.4 cm³/mol. The summed E-state index contributed by atoms with van der Waals surface area (Å²) in [5.41, 5.74) is 1.28. The molecule has 0 N–H and O–H groups in total. The number of aryl methyl sites for hydroxylation is 1. The fourth-order valence-corrected chi connectivity index (χ4v) is 2.10. The van der Waals surface area contributed by atoms with Crippen LogP contribution in [-0.2, 0) is 11.2 Å². The Balaban J connectivity index is 2.55. The number of benzene rings is 2. The fourth-order valence-electron chi connectivity index (χ4n) is 2.10. The highest BCUT2D eigenvalue weighted by atomic mass is 16.7. The summed E-state index contributed by atoms with van der Waals surface area (Å²) in [6, 6.07) is 10.2. The molecule has 0 aliphatic heterocycles. The fraction of sp³-hybridized carbons (Fsp3) is 0.333. The molecule has 0 heterocycles. The van der Waals surface area contributed by atoms with Crippen molar-refractivity contribution >= 4 is 10.8 Å². The second-order valence-corrected chi connectivity index (χ2v) is 4.05. The Morgan fingerprint density at radius 2 is 1.94 bits per heavy atom. The lowest BCUT2D eigenvalue weighted by Crippen LogP contribution is -1.99. The van der Waals surface area contributed by atoms with Crippen molar-refractivity contribution in [2.75, 3.05) is 21.0 Å². The summed E-state index contributed by atoms with van der Waals surface area (Å²) < 4.78 is 15.9. The van der Waals surface area contributed by atoms with Gasteiger partial charge in [-0.25, -0.2) is 0 Å². The zero-order valence-corrected chi connectivity index (χ0v) is 11.0. The van der Waals surface area contributed by atoms with Gasteiger partial charge < -0.3 is 14.2 Å². The van der Waals surface area contributed by atoms with E-state index in [4.69, 9.17) is 14.2 Å². The summed E-state index contributed by atoms with van der Waals surface area (Å²) in [6.45, 7) is 2.38. The van der Waals surface area contributed by atoms with Gasteiger partial charge in [0.05, 0.1) is 7.11 Å². The van der Waals surface area contributed by atoms with Gasteiger partial charge in [0.1, 0.15) is 11.5 Å². The van der Waals surface area contributed by atoms with Gasteiger partial charge in [0, 0.05) is 18.6 Å². The van der Waals surface area contributed by atoms with E-state index < -0.39 is 0 Å². The maximum atomic E-state index is 5.48. The first-order valence-electron chi connectivity index (χ1n) is 6.01. The van der Waals surface area contributed by atoms with Crippen LogP contribution in [-0.4, -0.2) is 21.0 Å². The maximum Gasteiger partial charge on any atom is 0.188 e. The van der Waals surface area contributed by atoms with Crippen molar-refractivity contribution in [1.29, 1.82) is 0 Å². The van der Waals surface area contributed by atoms with E-state index in [2.05, 4.69) is 25.1 Å². The van der Waals surface area contributed by atoms with Crippen molar-refractivity contribution in [3.8, 4) is 11.5 Å². The molecule has 96 valence electrons. The Morgan fingerprint density at radius 3 is 2.61 bits per heavy atom. The van der Waals surface area contributed by atoms with Crippen molar-refractivity contribution in [3.63, 3.8) is 0 Å². The van der Waals surface area contributed by atoms with E-state index in [1.54, 1.807) is 14.2 Å². The molecule has 2 rings (SSSR count). The van der Waals surface area contributed by atoms with Crippen LogP contribution >= 0.6 is 0 Å². The number of hydrogen-bond donors (Lipinski definition) is 0. The first kappa shape index (κ1) is 12.7. The molecular formula is C15H18O3. The molecular weight excluding hydrogens is 228 g/mol. The van der Waals surface area contributed by atoms with E-state index in [1.807, 2.05) is 12.1 Å². The molecule has 0 radical (unpaired) electrons. The quantitative estimate of drug-likeness (QED) is 0.757. The molecule has 3 heteroatoms. The highest BCUT2D eigenvalue weighted by Gasteiger charge is 2.08. The van der Waals surface area contributed by atoms with E-state index >= 15 is 0 Å². The normalized spacial score (nSPS) is 10.6. The molecule has 0 atom stereocenters.